The molecule has 4 nitrogen and oxygen atoms in total. The third-order valence-electron chi connectivity index (χ3n) is 4.04. The predicted octanol–water partition coefficient (Wildman–Crippen LogP) is 1.86. The Kier molecular flexibility index (Phi) is 4.28. The van der Waals surface area contributed by atoms with Crippen LogP contribution in [0.15, 0.2) is 12.1 Å². The fourth-order valence-corrected chi connectivity index (χ4v) is 2.73. The molecular weight excluding hydrogens is 257 g/mol. The Bertz CT molecular complexity index is 508. The SMILES string of the molecule is Cc1cc(N2CCC(C(N)=O)CC2)c([C@H](C)N)cc1F. The molecule has 0 aromatic heterocycles. The number of nitrogens with two attached hydrogens (primary N) is 2. The van der Waals surface area contributed by atoms with Crippen molar-refractivity contribution in [1.29, 1.82) is 0 Å². The molecule has 1 saturated heterocycles. The Hall–Kier alpha value is -1.62. The minimum Gasteiger partial charge on any atom is -0.371 e. The highest BCUT2D eigenvalue weighted by Gasteiger charge is 2.25. The molecule has 110 valence electrons. The second-order valence-electron chi connectivity index (χ2n) is 5.61. The molecule has 1 aromatic rings. The standard InChI is InChI=1S/C15H22FN3O/c1-9-7-14(12(10(2)17)8-13(9)16)19-5-3-11(4-6-19)15(18)20/h7-8,10-11H,3-6,17H2,1-2H3,(H2,18,20)/t10-/m0/s1. The zero-order chi connectivity index (χ0) is 14.9. The Labute approximate surface area is 118 Å². The molecule has 4 N–H and O–H groups in total. The van der Waals surface area contributed by atoms with Gasteiger partial charge in [0.05, 0.1) is 0 Å². The van der Waals surface area contributed by atoms with Crippen LogP contribution in [0.4, 0.5) is 10.1 Å². The molecule has 0 radical (unpaired) electrons. The number of carbonyl (C=O) groups excluding carboxylic acids is 1. The number of amides is 1. The van der Waals surface area contributed by atoms with Gasteiger partial charge in [0.25, 0.3) is 0 Å². The Morgan fingerprint density at radius 1 is 1.40 bits per heavy atom. The molecule has 0 unspecified atom stereocenters. The van der Waals surface area contributed by atoms with Crippen molar-refractivity contribution in [3.63, 3.8) is 0 Å². The maximum absolute atomic E-state index is 13.7. The molecule has 2 rings (SSSR count). The van der Waals surface area contributed by atoms with E-state index in [0.29, 0.717) is 5.56 Å². The van der Waals surface area contributed by atoms with Crippen molar-refractivity contribution in [3.8, 4) is 0 Å². The highest BCUT2D eigenvalue weighted by atomic mass is 19.1. The lowest BCUT2D eigenvalue weighted by atomic mass is 9.94. The van der Waals surface area contributed by atoms with Crippen LogP contribution in [0.3, 0.4) is 0 Å². The summed E-state index contributed by atoms with van der Waals surface area (Å²) in [7, 11) is 0. The van der Waals surface area contributed by atoms with Gasteiger partial charge in [-0.1, -0.05) is 0 Å². The van der Waals surface area contributed by atoms with Crippen LogP contribution >= 0.6 is 0 Å². The average molecular weight is 279 g/mol. The van der Waals surface area contributed by atoms with Gasteiger partial charge < -0.3 is 16.4 Å². The maximum atomic E-state index is 13.7. The van der Waals surface area contributed by atoms with Crippen molar-refractivity contribution in [2.24, 2.45) is 17.4 Å². The van der Waals surface area contributed by atoms with E-state index in [-0.39, 0.29) is 23.7 Å². The first-order chi connectivity index (χ1) is 9.40. The number of anilines is 1. The van der Waals surface area contributed by atoms with Crippen LogP contribution in [0.1, 0.15) is 36.9 Å². The summed E-state index contributed by atoms with van der Waals surface area (Å²) in [5, 5.41) is 0. The van der Waals surface area contributed by atoms with Crippen molar-refractivity contribution < 1.29 is 9.18 Å². The van der Waals surface area contributed by atoms with Gasteiger partial charge >= 0.3 is 0 Å². The molecule has 0 spiro atoms. The number of benzene rings is 1. The van der Waals surface area contributed by atoms with E-state index in [9.17, 15) is 9.18 Å². The Balaban J connectivity index is 2.25. The number of rotatable bonds is 3. The zero-order valence-corrected chi connectivity index (χ0v) is 12.0. The number of piperidine rings is 1. The smallest absolute Gasteiger partial charge is 0.220 e. The Morgan fingerprint density at radius 3 is 2.50 bits per heavy atom. The first-order valence-electron chi connectivity index (χ1n) is 7.00. The molecule has 1 amide bonds. The van der Waals surface area contributed by atoms with Gasteiger partial charge in [-0.05, 0) is 49.9 Å². The van der Waals surface area contributed by atoms with Gasteiger partial charge in [0.15, 0.2) is 0 Å². The van der Waals surface area contributed by atoms with Crippen molar-refractivity contribution in [1.82, 2.24) is 0 Å². The van der Waals surface area contributed by atoms with Crippen molar-refractivity contribution in [2.75, 3.05) is 18.0 Å². The lowest BCUT2D eigenvalue weighted by Gasteiger charge is -2.34. The molecule has 5 heteroatoms. The van der Waals surface area contributed by atoms with Gasteiger partial charge in [0, 0.05) is 30.7 Å². The van der Waals surface area contributed by atoms with E-state index < -0.39 is 0 Å². The van der Waals surface area contributed by atoms with E-state index in [0.717, 1.165) is 37.2 Å². The summed E-state index contributed by atoms with van der Waals surface area (Å²) in [5.41, 5.74) is 13.7. The van der Waals surface area contributed by atoms with Crippen molar-refractivity contribution in [2.45, 2.75) is 32.7 Å². The third kappa shape index (κ3) is 2.93. The molecule has 1 aliphatic rings. The number of carbonyl (C=O) groups is 1. The van der Waals surface area contributed by atoms with Crippen LogP contribution in [0.25, 0.3) is 0 Å². The van der Waals surface area contributed by atoms with Crippen LogP contribution in [0.5, 0.6) is 0 Å². The van der Waals surface area contributed by atoms with Crippen LogP contribution in [-0.4, -0.2) is 19.0 Å². The summed E-state index contributed by atoms with van der Waals surface area (Å²) in [6.45, 7) is 5.10. The average Bonchev–Trinajstić information content (AvgIpc) is 2.41. The number of halogens is 1. The largest absolute Gasteiger partial charge is 0.371 e. The van der Waals surface area contributed by atoms with Crippen LogP contribution in [0, 0.1) is 18.7 Å². The maximum Gasteiger partial charge on any atom is 0.220 e. The molecule has 1 heterocycles. The minimum atomic E-state index is -0.229. The number of hydrogen-bond acceptors (Lipinski definition) is 3. The van der Waals surface area contributed by atoms with Gasteiger partial charge in [0.2, 0.25) is 5.91 Å². The van der Waals surface area contributed by atoms with E-state index in [1.54, 1.807) is 6.92 Å². The van der Waals surface area contributed by atoms with Gasteiger partial charge in [0.1, 0.15) is 5.82 Å². The molecule has 1 aliphatic heterocycles. The molecule has 1 atom stereocenters. The molecular formula is C15H22FN3O. The van der Waals surface area contributed by atoms with Gasteiger partial charge in [-0.15, -0.1) is 0 Å². The van der Waals surface area contributed by atoms with Gasteiger partial charge in [-0.25, -0.2) is 4.39 Å². The molecule has 0 saturated carbocycles. The number of aryl methyl sites for hydroxylation is 1. The number of hydrogen-bond donors (Lipinski definition) is 2. The molecule has 1 fully saturated rings. The first-order valence-corrected chi connectivity index (χ1v) is 7.00. The predicted molar refractivity (Wildman–Crippen MR) is 77.9 cm³/mol. The van der Waals surface area contributed by atoms with Gasteiger partial charge in [-0.2, -0.15) is 0 Å². The summed E-state index contributed by atoms with van der Waals surface area (Å²) in [6.07, 6.45) is 1.48. The summed E-state index contributed by atoms with van der Waals surface area (Å²) in [5.74, 6) is -0.507. The van der Waals surface area contributed by atoms with Crippen molar-refractivity contribution >= 4 is 11.6 Å². The lowest BCUT2D eigenvalue weighted by molar-refractivity contribution is -0.122. The van der Waals surface area contributed by atoms with E-state index >= 15 is 0 Å². The first kappa shape index (κ1) is 14.8. The van der Waals surface area contributed by atoms with E-state index in [4.69, 9.17) is 11.5 Å². The summed E-state index contributed by atoms with van der Waals surface area (Å²) in [4.78, 5) is 13.4. The zero-order valence-electron chi connectivity index (χ0n) is 12.0. The van der Waals surface area contributed by atoms with Crippen LogP contribution < -0.4 is 16.4 Å². The van der Waals surface area contributed by atoms with E-state index in [1.165, 1.54) is 6.07 Å². The number of primary amides is 1. The van der Waals surface area contributed by atoms with Crippen LogP contribution in [0.2, 0.25) is 0 Å². The quantitative estimate of drug-likeness (QED) is 0.887. The minimum absolute atomic E-state index is 0.0495. The van der Waals surface area contributed by atoms with Crippen LogP contribution in [-0.2, 0) is 4.79 Å². The third-order valence-corrected chi connectivity index (χ3v) is 4.04. The Morgan fingerprint density at radius 2 is 2.00 bits per heavy atom. The van der Waals surface area contributed by atoms with E-state index in [2.05, 4.69) is 4.90 Å². The second-order valence-corrected chi connectivity index (χ2v) is 5.61. The molecule has 20 heavy (non-hydrogen) atoms. The lowest BCUT2D eigenvalue weighted by Crippen LogP contribution is -2.39. The topological polar surface area (TPSA) is 72.3 Å². The number of nitrogens with zero attached hydrogens (tertiary/aromatic N) is 1. The summed E-state index contributed by atoms with van der Waals surface area (Å²) < 4.78 is 13.7. The molecule has 0 aliphatic carbocycles. The second kappa shape index (κ2) is 5.79. The fraction of sp³-hybridized carbons (Fsp3) is 0.533. The highest BCUT2D eigenvalue weighted by molar-refractivity contribution is 5.77. The van der Waals surface area contributed by atoms with Gasteiger partial charge in [-0.3, -0.25) is 4.79 Å². The molecule has 0 bridgehead atoms. The van der Waals surface area contributed by atoms with Crippen molar-refractivity contribution in [3.05, 3.63) is 29.1 Å². The monoisotopic (exact) mass is 279 g/mol. The normalized spacial score (nSPS) is 18.1. The summed E-state index contributed by atoms with van der Waals surface area (Å²) >= 11 is 0. The highest BCUT2D eigenvalue weighted by Crippen LogP contribution is 2.31. The summed E-state index contributed by atoms with van der Waals surface area (Å²) in [6, 6.07) is 3.14. The fourth-order valence-electron chi connectivity index (χ4n) is 2.73. The molecule has 1 aromatic carbocycles. The van der Waals surface area contributed by atoms with E-state index in [1.807, 2.05) is 13.0 Å².